The fourth-order valence-corrected chi connectivity index (χ4v) is 1.32. The second kappa shape index (κ2) is 5.91. The van der Waals surface area contributed by atoms with E-state index in [9.17, 15) is 9.90 Å². The largest absolute Gasteiger partial charge is 0.389 e. The molecule has 0 radical (unpaired) electrons. The molecule has 2 N–H and O–H groups in total. The van der Waals surface area contributed by atoms with Gasteiger partial charge in [-0.05, 0) is 27.2 Å². The van der Waals surface area contributed by atoms with E-state index in [1.807, 2.05) is 13.8 Å². The highest BCUT2D eigenvalue weighted by atomic mass is 16.3. The van der Waals surface area contributed by atoms with E-state index in [0.29, 0.717) is 0 Å². The first kappa shape index (κ1) is 14.2. The molecule has 0 aromatic heterocycles. The van der Waals surface area contributed by atoms with Crippen LogP contribution in [0.25, 0.3) is 0 Å². The van der Waals surface area contributed by atoms with E-state index in [1.165, 1.54) is 0 Å². The maximum atomic E-state index is 11.7. The number of amides is 1. The van der Waals surface area contributed by atoms with Crippen LogP contribution in [0.1, 0.15) is 40.5 Å². The number of carbonyl (C=O) groups excluding carboxylic acids is 1. The lowest BCUT2D eigenvalue weighted by Gasteiger charge is -2.21. The van der Waals surface area contributed by atoms with Gasteiger partial charge in [0.2, 0.25) is 5.91 Å². The highest BCUT2D eigenvalue weighted by molar-refractivity contribution is 5.81. The van der Waals surface area contributed by atoms with Crippen molar-refractivity contribution in [1.82, 2.24) is 5.32 Å². The van der Waals surface area contributed by atoms with Gasteiger partial charge in [-0.2, -0.15) is 0 Å². The Morgan fingerprint density at radius 2 is 2.07 bits per heavy atom. The molecule has 88 valence electrons. The van der Waals surface area contributed by atoms with Gasteiger partial charge in [0.15, 0.2) is 0 Å². The van der Waals surface area contributed by atoms with Crippen molar-refractivity contribution in [1.29, 1.82) is 0 Å². The molecule has 0 aliphatic rings. The summed E-state index contributed by atoms with van der Waals surface area (Å²) in [5.74, 6) is -0.163. The third-order valence-corrected chi connectivity index (χ3v) is 2.18. The molecule has 0 aromatic carbocycles. The molecule has 0 heterocycles. The first-order valence-corrected chi connectivity index (χ1v) is 5.43. The zero-order chi connectivity index (χ0) is 12.1. The number of rotatable bonds is 6. The van der Waals surface area contributed by atoms with Crippen LogP contribution in [-0.4, -0.2) is 23.2 Å². The number of carbonyl (C=O) groups is 1. The standard InChI is InChI=1S/C12H23NO2/c1-6-7-10(9(2)3)11(14)13-8-12(4,5)15/h10,15H,2,6-8H2,1,3-5H3,(H,13,14)/t10-/m1/s1. The van der Waals surface area contributed by atoms with Crippen LogP contribution in [-0.2, 0) is 4.79 Å². The third-order valence-electron chi connectivity index (χ3n) is 2.18. The monoisotopic (exact) mass is 213 g/mol. The minimum atomic E-state index is -0.860. The summed E-state index contributed by atoms with van der Waals surface area (Å²) in [5, 5.41) is 12.2. The third kappa shape index (κ3) is 6.28. The van der Waals surface area contributed by atoms with E-state index in [4.69, 9.17) is 0 Å². The van der Waals surface area contributed by atoms with Gasteiger partial charge in [-0.3, -0.25) is 4.79 Å². The van der Waals surface area contributed by atoms with Crippen molar-refractivity contribution in [3.05, 3.63) is 12.2 Å². The summed E-state index contributed by atoms with van der Waals surface area (Å²) in [6, 6.07) is 0. The average Bonchev–Trinajstić information content (AvgIpc) is 2.08. The first-order chi connectivity index (χ1) is 6.78. The minimum absolute atomic E-state index is 0.0357. The van der Waals surface area contributed by atoms with Crippen molar-refractivity contribution in [3.8, 4) is 0 Å². The molecule has 0 rings (SSSR count). The van der Waals surface area contributed by atoms with E-state index < -0.39 is 5.60 Å². The van der Waals surface area contributed by atoms with Gasteiger partial charge < -0.3 is 10.4 Å². The molecule has 0 saturated heterocycles. The molecule has 15 heavy (non-hydrogen) atoms. The van der Waals surface area contributed by atoms with Crippen LogP contribution in [0.3, 0.4) is 0 Å². The Labute approximate surface area is 92.6 Å². The molecule has 0 aliphatic heterocycles. The summed E-state index contributed by atoms with van der Waals surface area (Å²) < 4.78 is 0. The van der Waals surface area contributed by atoms with Gasteiger partial charge in [-0.1, -0.05) is 25.5 Å². The molecular formula is C12H23NO2. The number of nitrogens with one attached hydrogen (secondary N) is 1. The molecule has 1 atom stereocenters. The molecule has 3 nitrogen and oxygen atoms in total. The van der Waals surface area contributed by atoms with Gasteiger partial charge in [0.05, 0.1) is 11.5 Å². The van der Waals surface area contributed by atoms with Crippen molar-refractivity contribution < 1.29 is 9.90 Å². The molecular weight excluding hydrogens is 190 g/mol. The summed E-state index contributed by atoms with van der Waals surface area (Å²) in [7, 11) is 0. The normalized spacial score (nSPS) is 13.4. The van der Waals surface area contributed by atoms with Crippen LogP contribution >= 0.6 is 0 Å². The molecule has 0 saturated carbocycles. The summed E-state index contributed by atoms with van der Waals surface area (Å²) in [4.78, 5) is 11.7. The summed E-state index contributed by atoms with van der Waals surface area (Å²) in [5.41, 5.74) is 0.0201. The van der Waals surface area contributed by atoms with Crippen molar-refractivity contribution in [2.45, 2.75) is 46.1 Å². The topological polar surface area (TPSA) is 49.3 Å². The van der Waals surface area contributed by atoms with E-state index in [-0.39, 0.29) is 18.4 Å². The predicted molar refractivity (Wildman–Crippen MR) is 62.5 cm³/mol. The number of aliphatic hydroxyl groups is 1. The van der Waals surface area contributed by atoms with Crippen molar-refractivity contribution in [2.24, 2.45) is 5.92 Å². The Balaban J connectivity index is 4.21. The average molecular weight is 213 g/mol. The van der Waals surface area contributed by atoms with Crippen molar-refractivity contribution >= 4 is 5.91 Å². The van der Waals surface area contributed by atoms with Gasteiger partial charge in [-0.25, -0.2) is 0 Å². The minimum Gasteiger partial charge on any atom is -0.389 e. The van der Waals surface area contributed by atoms with Crippen LogP contribution in [0, 0.1) is 5.92 Å². The Bertz CT molecular complexity index is 228. The molecule has 0 aliphatic carbocycles. The van der Waals surface area contributed by atoms with Gasteiger partial charge in [0, 0.05) is 6.54 Å². The van der Waals surface area contributed by atoms with Crippen LogP contribution in [0.5, 0.6) is 0 Å². The van der Waals surface area contributed by atoms with Crippen molar-refractivity contribution in [2.75, 3.05) is 6.54 Å². The molecule has 1 amide bonds. The molecule has 0 fully saturated rings. The maximum Gasteiger partial charge on any atom is 0.227 e. The van der Waals surface area contributed by atoms with Gasteiger partial charge in [0.1, 0.15) is 0 Å². The highest BCUT2D eigenvalue weighted by Crippen LogP contribution is 2.15. The number of hydrogen-bond donors (Lipinski definition) is 2. The van der Waals surface area contributed by atoms with Crippen LogP contribution in [0.2, 0.25) is 0 Å². The van der Waals surface area contributed by atoms with Crippen LogP contribution < -0.4 is 5.32 Å². The summed E-state index contributed by atoms with van der Waals surface area (Å²) >= 11 is 0. The SMILES string of the molecule is C=C(C)[C@@H](CCC)C(=O)NCC(C)(C)O. The van der Waals surface area contributed by atoms with E-state index in [1.54, 1.807) is 13.8 Å². The highest BCUT2D eigenvalue weighted by Gasteiger charge is 2.20. The van der Waals surface area contributed by atoms with Crippen LogP contribution in [0.4, 0.5) is 0 Å². The summed E-state index contributed by atoms with van der Waals surface area (Å²) in [6.45, 7) is 11.3. The lowest BCUT2D eigenvalue weighted by molar-refractivity contribution is -0.125. The predicted octanol–water partition coefficient (Wildman–Crippen LogP) is 1.87. The fraction of sp³-hybridized carbons (Fsp3) is 0.750. The molecule has 0 aromatic rings. The fourth-order valence-electron chi connectivity index (χ4n) is 1.32. The lowest BCUT2D eigenvalue weighted by atomic mass is 9.95. The Morgan fingerprint density at radius 1 is 1.53 bits per heavy atom. The number of hydrogen-bond acceptors (Lipinski definition) is 2. The van der Waals surface area contributed by atoms with Gasteiger partial charge in [0.25, 0.3) is 0 Å². The molecule has 3 heteroatoms. The summed E-state index contributed by atoms with van der Waals surface area (Å²) in [6.07, 6.45) is 1.76. The Kier molecular flexibility index (Phi) is 5.58. The zero-order valence-corrected chi connectivity index (χ0v) is 10.3. The Hall–Kier alpha value is -0.830. The quantitative estimate of drug-likeness (QED) is 0.662. The van der Waals surface area contributed by atoms with E-state index in [2.05, 4.69) is 11.9 Å². The maximum absolute atomic E-state index is 11.7. The second-order valence-corrected chi connectivity index (χ2v) is 4.72. The second-order valence-electron chi connectivity index (χ2n) is 4.72. The van der Waals surface area contributed by atoms with E-state index in [0.717, 1.165) is 18.4 Å². The van der Waals surface area contributed by atoms with E-state index >= 15 is 0 Å². The van der Waals surface area contributed by atoms with Crippen molar-refractivity contribution in [3.63, 3.8) is 0 Å². The smallest absolute Gasteiger partial charge is 0.227 e. The van der Waals surface area contributed by atoms with Crippen LogP contribution in [0.15, 0.2) is 12.2 Å². The first-order valence-electron chi connectivity index (χ1n) is 5.43. The van der Waals surface area contributed by atoms with Gasteiger partial charge in [-0.15, -0.1) is 0 Å². The molecule has 0 bridgehead atoms. The lowest BCUT2D eigenvalue weighted by Crippen LogP contribution is -2.41. The molecule has 0 spiro atoms. The zero-order valence-electron chi connectivity index (χ0n) is 10.3. The molecule has 0 unspecified atom stereocenters. The Morgan fingerprint density at radius 3 is 2.40 bits per heavy atom. The van der Waals surface area contributed by atoms with Gasteiger partial charge >= 0.3 is 0 Å².